The highest BCUT2D eigenvalue weighted by atomic mass is 79.9. The normalized spacial score (nSPS) is 12.3. The van der Waals surface area contributed by atoms with Gasteiger partial charge >= 0.3 is 6.18 Å². The van der Waals surface area contributed by atoms with Crippen molar-refractivity contribution < 1.29 is 13.2 Å². The zero-order valence-electron chi connectivity index (χ0n) is 6.82. The van der Waals surface area contributed by atoms with Crippen LogP contribution in [-0.2, 0) is 6.18 Å². The summed E-state index contributed by atoms with van der Waals surface area (Å²) in [5.41, 5.74) is -0.521. The van der Waals surface area contributed by atoms with Gasteiger partial charge in [-0.05, 0) is 18.2 Å². The molecule has 74 valence electrons. The van der Waals surface area contributed by atoms with Crippen LogP contribution in [0.25, 0.3) is 10.9 Å². The largest absolute Gasteiger partial charge is 0.418 e. The fourth-order valence-corrected chi connectivity index (χ4v) is 1.83. The molecule has 0 saturated heterocycles. The SMILES string of the molecule is FC(F)(F)c1cc(Br)cc2cc[nH]c12. The minimum Gasteiger partial charge on any atom is -0.361 e. The van der Waals surface area contributed by atoms with Gasteiger partial charge in [0.1, 0.15) is 0 Å². The van der Waals surface area contributed by atoms with Crippen LogP contribution in [0.2, 0.25) is 0 Å². The molecular formula is C9H5BrF3N. The maximum Gasteiger partial charge on any atom is 0.418 e. The number of rotatable bonds is 0. The van der Waals surface area contributed by atoms with E-state index in [1.807, 2.05) is 0 Å². The highest BCUT2D eigenvalue weighted by Crippen LogP contribution is 2.36. The summed E-state index contributed by atoms with van der Waals surface area (Å²) in [4.78, 5) is 2.58. The van der Waals surface area contributed by atoms with E-state index in [0.29, 0.717) is 9.86 Å². The van der Waals surface area contributed by atoms with Crippen LogP contribution in [0.5, 0.6) is 0 Å². The van der Waals surface area contributed by atoms with Gasteiger partial charge in [-0.3, -0.25) is 0 Å². The van der Waals surface area contributed by atoms with E-state index in [-0.39, 0.29) is 5.52 Å². The van der Waals surface area contributed by atoms with Gasteiger partial charge in [0.2, 0.25) is 0 Å². The topological polar surface area (TPSA) is 15.8 Å². The number of H-pyrrole nitrogens is 1. The van der Waals surface area contributed by atoms with Crippen LogP contribution in [0.15, 0.2) is 28.9 Å². The number of hydrogen-bond acceptors (Lipinski definition) is 0. The fraction of sp³-hybridized carbons (Fsp3) is 0.111. The van der Waals surface area contributed by atoms with Crippen molar-refractivity contribution in [2.24, 2.45) is 0 Å². The van der Waals surface area contributed by atoms with Crippen molar-refractivity contribution in [2.75, 3.05) is 0 Å². The molecule has 1 N–H and O–H groups in total. The molecule has 1 nitrogen and oxygen atoms in total. The number of halogens is 4. The van der Waals surface area contributed by atoms with Crippen molar-refractivity contribution in [1.29, 1.82) is 0 Å². The average molecular weight is 264 g/mol. The molecule has 14 heavy (non-hydrogen) atoms. The first-order chi connectivity index (χ1) is 6.48. The number of benzene rings is 1. The second-order valence-electron chi connectivity index (χ2n) is 2.89. The van der Waals surface area contributed by atoms with Gasteiger partial charge in [0.05, 0.1) is 11.1 Å². The number of aromatic nitrogens is 1. The Balaban J connectivity index is 2.80. The van der Waals surface area contributed by atoms with Crippen molar-refractivity contribution in [3.63, 3.8) is 0 Å². The maximum absolute atomic E-state index is 12.5. The molecule has 2 rings (SSSR count). The minimum atomic E-state index is -4.33. The van der Waals surface area contributed by atoms with E-state index in [4.69, 9.17) is 0 Å². The molecule has 1 aromatic heterocycles. The first kappa shape index (κ1) is 9.58. The molecule has 0 aliphatic heterocycles. The van der Waals surface area contributed by atoms with Gasteiger partial charge in [-0.2, -0.15) is 13.2 Å². The third-order valence-electron chi connectivity index (χ3n) is 1.93. The Kier molecular flexibility index (Phi) is 2.06. The van der Waals surface area contributed by atoms with Crippen molar-refractivity contribution in [3.05, 3.63) is 34.4 Å². The molecule has 0 bridgehead atoms. The van der Waals surface area contributed by atoms with E-state index in [0.717, 1.165) is 6.07 Å². The van der Waals surface area contributed by atoms with E-state index in [1.165, 1.54) is 6.20 Å². The monoisotopic (exact) mass is 263 g/mol. The van der Waals surface area contributed by atoms with Crippen LogP contribution in [0.4, 0.5) is 13.2 Å². The second kappa shape index (κ2) is 3.02. The molecule has 5 heteroatoms. The standard InChI is InChI=1S/C9H5BrF3N/c10-6-3-5-1-2-14-8(5)7(4-6)9(11,12)13/h1-4,14H. The lowest BCUT2D eigenvalue weighted by Crippen LogP contribution is -2.05. The fourth-order valence-electron chi connectivity index (χ4n) is 1.36. The Hall–Kier alpha value is -0.970. The number of hydrogen-bond donors (Lipinski definition) is 1. The van der Waals surface area contributed by atoms with Crippen LogP contribution < -0.4 is 0 Å². The molecule has 0 atom stereocenters. The lowest BCUT2D eigenvalue weighted by atomic mass is 10.1. The number of aromatic amines is 1. The Morgan fingerprint density at radius 3 is 2.57 bits per heavy atom. The molecule has 0 amide bonds. The molecule has 0 unspecified atom stereocenters. The van der Waals surface area contributed by atoms with Gasteiger partial charge in [-0.1, -0.05) is 15.9 Å². The lowest BCUT2D eigenvalue weighted by molar-refractivity contribution is -0.136. The molecule has 2 aromatic rings. The zero-order chi connectivity index (χ0) is 10.3. The zero-order valence-corrected chi connectivity index (χ0v) is 8.41. The first-order valence-electron chi connectivity index (χ1n) is 3.82. The molecule has 0 saturated carbocycles. The Morgan fingerprint density at radius 2 is 1.93 bits per heavy atom. The summed E-state index contributed by atoms with van der Waals surface area (Å²) in [5.74, 6) is 0. The van der Waals surface area contributed by atoms with Crippen molar-refractivity contribution in [3.8, 4) is 0 Å². The number of alkyl halides is 3. The van der Waals surface area contributed by atoms with Gasteiger partial charge in [0.15, 0.2) is 0 Å². The lowest BCUT2D eigenvalue weighted by Gasteiger charge is -2.08. The van der Waals surface area contributed by atoms with Crippen LogP contribution >= 0.6 is 15.9 Å². The number of fused-ring (bicyclic) bond motifs is 1. The summed E-state index contributed by atoms with van der Waals surface area (Å²) in [5, 5.41) is 0.548. The summed E-state index contributed by atoms with van der Waals surface area (Å²) in [7, 11) is 0. The third-order valence-corrected chi connectivity index (χ3v) is 2.39. The first-order valence-corrected chi connectivity index (χ1v) is 4.61. The van der Waals surface area contributed by atoms with Gasteiger partial charge in [-0.25, -0.2) is 0 Å². The molecule has 1 heterocycles. The van der Waals surface area contributed by atoms with Crippen LogP contribution in [-0.4, -0.2) is 4.98 Å². The molecule has 0 radical (unpaired) electrons. The Labute approximate surface area is 86.1 Å². The van der Waals surface area contributed by atoms with E-state index in [9.17, 15) is 13.2 Å². The van der Waals surface area contributed by atoms with Crippen LogP contribution in [0.3, 0.4) is 0 Å². The van der Waals surface area contributed by atoms with Crippen molar-refractivity contribution in [1.82, 2.24) is 4.98 Å². The predicted octanol–water partition coefficient (Wildman–Crippen LogP) is 3.95. The number of nitrogens with one attached hydrogen (secondary N) is 1. The van der Waals surface area contributed by atoms with Crippen molar-refractivity contribution >= 4 is 26.8 Å². The molecule has 0 spiro atoms. The van der Waals surface area contributed by atoms with E-state index in [1.54, 1.807) is 12.1 Å². The molecule has 1 aromatic carbocycles. The summed E-state index contributed by atoms with van der Waals surface area (Å²) in [6, 6.07) is 4.31. The van der Waals surface area contributed by atoms with Gasteiger partial charge in [0.25, 0.3) is 0 Å². The summed E-state index contributed by atoms with van der Waals surface area (Å²) >= 11 is 3.05. The molecule has 0 fully saturated rings. The Morgan fingerprint density at radius 1 is 1.21 bits per heavy atom. The Bertz CT molecular complexity index is 472. The maximum atomic E-state index is 12.5. The quantitative estimate of drug-likeness (QED) is 0.741. The van der Waals surface area contributed by atoms with Crippen LogP contribution in [0.1, 0.15) is 5.56 Å². The summed E-state index contributed by atoms with van der Waals surface area (Å²) in [6.45, 7) is 0. The van der Waals surface area contributed by atoms with Gasteiger partial charge in [0, 0.05) is 16.1 Å². The van der Waals surface area contributed by atoms with Gasteiger partial charge in [-0.15, -0.1) is 0 Å². The smallest absolute Gasteiger partial charge is 0.361 e. The van der Waals surface area contributed by atoms with E-state index >= 15 is 0 Å². The third kappa shape index (κ3) is 1.52. The minimum absolute atomic E-state index is 0.126. The predicted molar refractivity (Wildman–Crippen MR) is 51.0 cm³/mol. The van der Waals surface area contributed by atoms with Gasteiger partial charge < -0.3 is 4.98 Å². The highest BCUT2D eigenvalue weighted by molar-refractivity contribution is 9.10. The van der Waals surface area contributed by atoms with Crippen LogP contribution in [0, 0.1) is 0 Å². The van der Waals surface area contributed by atoms with E-state index in [2.05, 4.69) is 20.9 Å². The molecular weight excluding hydrogens is 259 g/mol. The van der Waals surface area contributed by atoms with Crippen molar-refractivity contribution in [2.45, 2.75) is 6.18 Å². The average Bonchev–Trinajstić information content (AvgIpc) is 2.47. The second-order valence-corrected chi connectivity index (χ2v) is 3.81. The summed E-state index contributed by atoms with van der Waals surface area (Å²) in [6.07, 6.45) is -2.83. The summed E-state index contributed by atoms with van der Waals surface area (Å²) < 4.78 is 38.0. The van der Waals surface area contributed by atoms with E-state index < -0.39 is 11.7 Å². The molecule has 0 aliphatic rings. The highest BCUT2D eigenvalue weighted by Gasteiger charge is 2.33. The molecule has 0 aliphatic carbocycles.